The zero-order valence-electron chi connectivity index (χ0n) is 12.3. The quantitative estimate of drug-likeness (QED) is 0.842. The maximum absolute atomic E-state index is 11.4. The van der Waals surface area contributed by atoms with Crippen LogP contribution >= 0.6 is 11.3 Å². The number of thiazole rings is 1. The van der Waals surface area contributed by atoms with Crippen molar-refractivity contribution in [3.63, 3.8) is 0 Å². The van der Waals surface area contributed by atoms with E-state index in [9.17, 15) is 4.79 Å². The van der Waals surface area contributed by atoms with Gasteiger partial charge in [-0.3, -0.25) is 9.69 Å². The molecule has 3 rings (SSSR count). The van der Waals surface area contributed by atoms with E-state index < -0.39 is 0 Å². The van der Waals surface area contributed by atoms with E-state index in [1.165, 1.54) is 4.68 Å². The molecule has 0 amide bonds. The van der Waals surface area contributed by atoms with Gasteiger partial charge in [-0.1, -0.05) is 0 Å². The molecule has 0 saturated carbocycles. The third kappa shape index (κ3) is 3.30. The first-order valence-corrected chi connectivity index (χ1v) is 7.92. The van der Waals surface area contributed by atoms with Crippen molar-refractivity contribution in [2.45, 2.75) is 13.5 Å². The summed E-state index contributed by atoms with van der Waals surface area (Å²) in [6.45, 7) is 6.78. The number of anilines is 1. The second-order valence-corrected chi connectivity index (χ2v) is 6.34. The predicted molar refractivity (Wildman–Crippen MR) is 83.8 cm³/mol. The summed E-state index contributed by atoms with van der Waals surface area (Å²) in [6.07, 6.45) is 0. The fourth-order valence-electron chi connectivity index (χ4n) is 2.50. The SMILES string of the molecule is Cc1nc(CN2CCN(c3ccc(=O)n(C)n3)CC2)cs1. The Morgan fingerprint density at radius 2 is 2.00 bits per heavy atom. The fourth-order valence-corrected chi connectivity index (χ4v) is 3.11. The van der Waals surface area contributed by atoms with Crippen molar-refractivity contribution >= 4 is 17.2 Å². The van der Waals surface area contributed by atoms with Gasteiger partial charge in [0.15, 0.2) is 0 Å². The van der Waals surface area contributed by atoms with E-state index in [1.54, 1.807) is 24.5 Å². The highest BCUT2D eigenvalue weighted by Gasteiger charge is 2.19. The molecule has 21 heavy (non-hydrogen) atoms. The maximum Gasteiger partial charge on any atom is 0.266 e. The lowest BCUT2D eigenvalue weighted by Gasteiger charge is -2.34. The van der Waals surface area contributed by atoms with Crippen molar-refractivity contribution in [3.05, 3.63) is 38.6 Å². The number of piperazine rings is 1. The van der Waals surface area contributed by atoms with Crippen molar-refractivity contribution in [1.29, 1.82) is 0 Å². The normalized spacial score (nSPS) is 16.4. The van der Waals surface area contributed by atoms with Crippen molar-refractivity contribution in [2.75, 3.05) is 31.1 Å². The average Bonchev–Trinajstić information content (AvgIpc) is 2.88. The van der Waals surface area contributed by atoms with Crippen LogP contribution in [0.25, 0.3) is 0 Å². The molecule has 0 radical (unpaired) electrons. The van der Waals surface area contributed by atoms with Crippen LogP contribution in [-0.4, -0.2) is 45.8 Å². The van der Waals surface area contributed by atoms with Crippen molar-refractivity contribution in [2.24, 2.45) is 7.05 Å². The molecule has 0 spiro atoms. The highest BCUT2D eigenvalue weighted by Crippen LogP contribution is 2.15. The maximum atomic E-state index is 11.4. The highest BCUT2D eigenvalue weighted by molar-refractivity contribution is 7.09. The molecule has 0 aliphatic carbocycles. The van der Waals surface area contributed by atoms with E-state index in [0.29, 0.717) is 0 Å². The first-order chi connectivity index (χ1) is 10.1. The third-order valence-electron chi connectivity index (χ3n) is 3.69. The summed E-state index contributed by atoms with van der Waals surface area (Å²) >= 11 is 1.70. The Balaban J connectivity index is 1.59. The molecular weight excluding hydrogens is 286 g/mol. The zero-order valence-corrected chi connectivity index (χ0v) is 13.1. The minimum absolute atomic E-state index is 0.0729. The molecule has 1 aliphatic rings. The first kappa shape index (κ1) is 14.2. The molecule has 2 aromatic rings. The minimum Gasteiger partial charge on any atom is -0.353 e. The molecular formula is C14H19N5OS. The smallest absolute Gasteiger partial charge is 0.266 e. The van der Waals surface area contributed by atoms with E-state index in [-0.39, 0.29) is 5.56 Å². The van der Waals surface area contributed by atoms with Gasteiger partial charge in [0.1, 0.15) is 5.82 Å². The third-order valence-corrected chi connectivity index (χ3v) is 4.52. The summed E-state index contributed by atoms with van der Waals surface area (Å²) in [5.74, 6) is 0.876. The monoisotopic (exact) mass is 305 g/mol. The summed E-state index contributed by atoms with van der Waals surface area (Å²) < 4.78 is 1.39. The van der Waals surface area contributed by atoms with Crippen LogP contribution in [0.1, 0.15) is 10.7 Å². The lowest BCUT2D eigenvalue weighted by Crippen LogP contribution is -2.46. The highest BCUT2D eigenvalue weighted by atomic mass is 32.1. The molecule has 0 unspecified atom stereocenters. The Kier molecular flexibility index (Phi) is 4.03. The van der Waals surface area contributed by atoms with Gasteiger partial charge in [0, 0.05) is 51.2 Å². The molecule has 0 atom stereocenters. The molecule has 1 aliphatic heterocycles. The standard InChI is InChI=1S/C14H19N5OS/c1-11-15-12(10-21-11)9-18-5-7-19(8-6-18)13-3-4-14(20)17(2)16-13/h3-4,10H,5-9H2,1-2H3. The Morgan fingerprint density at radius 1 is 1.24 bits per heavy atom. The van der Waals surface area contributed by atoms with Crippen LogP contribution in [0, 0.1) is 6.92 Å². The van der Waals surface area contributed by atoms with E-state index in [4.69, 9.17) is 0 Å². The van der Waals surface area contributed by atoms with Crippen molar-refractivity contribution in [1.82, 2.24) is 19.7 Å². The Bertz CT molecular complexity index is 672. The molecule has 0 N–H and O–H groups in total. The van der Waals surface area contributed by atoms with E-state index in [0.717, 1.165) is 49.2 Å². The van der Waals surface area contributed by atoms with Crippen LogP contribution in [0.2, 0.25) is 0 Å². The van der Waals surface area contributed by atoms with Gasteiger partial charge in [-0.05, 0) is 13.0 Å². The molecule has 6 nitrogen and oxygen atoms in total. The number of hydrogen-bond acceptors (Lipinski definition) is 6. The summed E-state index contributed by atoms with van der Waals surface area (Å²) in [5.41, 5.74) is 1.09. The summed E-state index contributed by atoms with van der Waals surface area (Å²) in [6, 6.07) is 3.38. The molecule has 1 fully saturated rings. The molecule has 7 heteroatoms. The molecule has 2 aromatic heterocycles. The van der Waals surface area contributed by atoms with Crippen LogP contribution in [0.5, 0.6) is 0 Å². The topological polar surface area (TPSA) is 54.3 Å². The minimum atomic E-state index is -0.0729. The Labute approximate surface area is 127 Å². The van der Waals surface area contributed by atoms with Gasteiger partial charge < -0.3 is 4.90 Å². The second kappa shape index (κ2) is 5.95. The van der Waals surface area contributed by atoms with Gasteiger partial charge in [-0.15, -0.1) is 11.3 Å². The van der Waals surface area contributed by atoms with E-state index in [2.05, 4.69) is 25.3 Å². The molecule has 112 valence electrons. The predicted octanol–water partition coefficient (Wildman–Crippen LogP) is 0.867. The van der Waals surface area contributed by atoms with Crippen molar-refractivity contribution in [3.8, 4) is 0 Å². The van der Waals surface area contributed by atoms with Gasteiger partial charge in [-0.2, -0.15) is 5.10 Å². The number of hydrogen-bond donors (Lipinski definition) is 0. The first-order valence-electron chi connectivity index (χ1n) is 7.04. The van der Waals surface area contributed by atoms with Crippen molar-refractivity contribution < 1.29 is 0 Å². The molecule has 3 heterocycles. The van der Waals surface area contributed by atoms with Gasteiger partial charge >= 0.3 is 0 Å². The van der Waals surface area contributed by atoms with Crippen LogP contribution in [0.15, 0.2) is 22.3 Å². The van der Waals surface area contributed by atoms with Gasteiger partial charge in [-0.25, -0.2) is 9.67 Å². The van der Waals surface area contributed by atoms with Crippen LogP contribution in [0.4, 0.5) is 5.82 Å². The number of nitrogens with zero attached hydrogens (tertiary/aromatic N) is 5. The second-order valence-electron chi connectivity index (χ2n) is 5.27. The van der Waals surface area contributed by atoms with Crippen LogP contribution in [-0.2, 0) is 13.6 Å². The summed E-state index contributed by atoms with van der Waals surface area (Å²) in [7, 11) is 1.69. The molecule has 0 bridgehead atoms. The average molecular weight is 305 g/mol. The van der Waals surface area contributed by atoms with Gasteiger partial charge in [0.25, 0.3) is 5.56 Å². The lowest BCUT2D eigenvalue weighted by atomic mass is 10.3. The summed E-state index contributed by atoms with van der Waals surface area (Å²) in [5, 5.41) is 7.57. The molecule has 1 saturated heterocycles. The van der Waals surface area contributed by atoms with Gasteiger partial charge in [0.05, 0.1) is 10.7 Å². The number of aromatic nitrogens is 3. The lowest BCUT2D eigenvalue weighted by molar-refractivity contribution is 0.246. The Hall–Kier alpha value is -1.73. The van der Waals surface area contributed by atoms with Crippen LogP contribution < -0.4 is 10.5 Å². The van der Waals surface area contributed by atoms with Crippen LogP contribution in [0.3, 0.4) is 0 Å². The van der Waals surface area contributed by atoms with E-state index >= 15 is 0 Å². The largest absolute Gasteiger partial charge is 0.353 e. The zero-order chi connectivity index (χ0) is 14.8. The number of rotatable bonds is 3. The van der Waals surface area contributed by atoms with Gasteiger partial charge in [0.2, 0.25) is 0 Å². The Morgan fingerprint density at radius 3 is 2.62 bits per heavy atom. The summed E-state index contributed by atoms with van der Waals surface area (Å²) in [4.78, 5) is 20.5. The molecule has 0 aromatic carbocycles. The van der Waals surface area contributed by atoms with E-state index in [1.807, 2.05) is 13.0 Å². The number of aryl methyl sites for hydroxylation is 2. The fraction of sp³-hybridized carbons (Fsp3) is 0.500.